The number of rotatable bonds is 6. The predicted molar refractivity (Wildman–Crippen MR) is 104 cm³/mol. The van der Waals surface area contributed by atoms with Crippen molar-refractivity contribution < 1.29 is 18.7 Å². The summed E-state index contributed by atoms with van der Waals surface area (Å²) < 4.78 is 22.0. The van der Waals surface area contributed by atoms with Crippen molar-refractivity contribution in [3.8, 4) is 0 Å². The summed E-state index contributed by atoms with van der Waals surface area (Å²) in [5.41, 5.74) is 6.65. The highest BCUT2D eigenvalue weighted by Gasteiger charge is 2.43. The van der Waals surface area contributed by atoms with Crippen LogP contribution in [0.3, 0.4) is 0 Å². The van der Waals surface area contributed by atoms with Gasteiger partial charge in [-0.2, -0.15) is 0 Å². The van der Waals surface area contributed by atoms with Gasteiger partial charge in [-0.05, 0) is 12.5 Å². The summed E-state index contributed by atoms with van der Waals surface area (Å²) in [6, 6.07) is -0.652. The second-order valence-electron chi connectivity index (χ2n) is 7.39. The van der Waals surface area contributed by atoms with E-state index in [0.29, 0.717) is 29.3 Å². The highest BCUT2D eigenvalue weighted by atomic mass is 19.1. The smallest absolute Gasteiger partial charge is 0.255 e. The van der Waals surface area contributed by atoms with Gasteiger partial charge < -0.3 is 25.7 Å². The maximum Gasteiger partial charge on any atom is 0.255 e. The van der Waals surface area contributed by atoms with E-state index in [1.807, 2.05) is 29.7 Å². The second-order valence-corrected chi connectivity index (χ2v) is 7.39. The predicted octanol–water partition coefficient (Wildman–Crippen LogP) is 0.803. The minimum Gasteiger partial charge on any atom is -0.494 e. The fourth-order valence-electron chi connectivity index (χ4n) is 4.51. The van der Waals surface area contributed by atoms with E-state index in [0.717, 1.165) is 0 Å². The van der Waals surface area contributed by atoms with Crippen molar-refractivity contribution >= 4 is 17.4 Å². The normalized spacial score (nSPS) is 30.4. The summed E-state index contributed by atoms with van der Waals surface area (Å²) in [6.07, 6.45) is 8.10. The number of alkyl halides is 1. The fraction of sp³-hybridized carbons (Fsp3) is 0.450. The van der Waals surface area contributed by atoms with Gasteiger partial charge in [0.2, 0.25) is 0 Å². The molecule has 2 aliphatic heterocycles. The Balaban J connectivity index is 1.62. The molecule has 0 radical (unpaired) electrons. The quantitative estimate of drug-likeness (QED) is 0.653. The lowest BCUT2D eigenvalue weighted by Crippen LogP contribution is -2.38. The first-order valence-corrected chi connectivity index (χ1v) is 9.68. The number of allylic oxidation sites excluding steroid dienone is 4. The maximum atomic E-state index is 14.1. The summed E-state index contributed by atoms with van der Waals surface area (Å²) in [6.45, 7) is 2.02. The van der Waals surface area contributed by atoms with Crippen LogP contribution in [0, 0.1) is 11.8 Å². The fourth-order valence-corrected chi connectivity index (χ4v) is 4.51. The Morgan fingerprint density at radius 3 is 2.97 bits per heavy atom. The van der Waals surface area contributed by atoms with Crippen LogP contribution in [0.15, 0.2) is 42.1 Å². The Morgan fingerprint density at radius 1 is 1.48 bits per heavy atom. The molecule has 0 aromatic carbocycles. The summed E-state index contributed by atoms with van der Waals surface area (Å²) in [7, 11) is 1.74. The summed E-state index contributed by atoms with van der Waals surface area (Å²) >= 11 is 0. The number of hydrogen-bond acceptors (Lipinski definition) is 5. The van der Waals surface area contributed by atoms with Crippen LogP contribution in [-0.4, -0.2) is 47.2 Å². The molecule has 4 rings (SSSR count). The zero-order valence-corrected chi connectivity index (χ0v) is 16.3. The van der Waals surface area contributed by atoms with Crippen molar-refractivity contribution in [2.45, 2.75) is 31.6 Å². The number of carbonyl (C=O) groups excluding carboxylic acids is 2. The molecule has 0 saturated carbocycles. The number of imidazole rings is 1. The molecule has 1 fully saturated rings. The van der Waals surface area contributed by atoms with Gasteiger partial charge in [-0.25, -0.2) is 9.37 Å². The molecule has 3 aliphatic rings. The van der Waals surface area contributed by atoms with Gasteiger partial charge in [-0.15, -0.1) is 0 Å². The number of aromatic nitrogens is 2. The molecule has 2 amide bonds. The lowest BCUT2D eigenvalue weighted by atomic mass is 9.84. The number of nitrogens with two attached hydrogens (primary N) is 1. The molecule has 5 atom stereocenters. The van der Waals surface area contributed by atoms with E-state index < -0.39 is 23.9 Å². The minimum atomic E-state index is -1.51. The Labute approximate surface area is 167 Å². The Kier molecular flexibility index (Phi) is 4.89. The SMILES string of the molecule is CC[C@@H]1[C@H](F)C(=O)N[C@@H]1COC1=CC=CC2C(NC)=C(C(N)=O)c3nccn3C12. The zero-order valence-electron chi connectivity index (χ0n) is 16.3. The van der Waals surface area contributed by atoms with E-state index in [4.69, 9.17) is 10.5 Å². The average molecular weight is 401 g/mol. The van der Waals surface area contributed by atoms with Gasteiger partial charge in [-0.3, -0.25) is 9.59 Å². The van der Waals surface area contributed by atoms with E-state index in [9.17, 15) is 14.0 Å². The van der Waals surface area contributed by atoms with E-state index in [-0.39, 0.29) is 24.6 Å². The highest BCUT2D eigenvalue weighted by molar-refractivity contribution is 6.19. The number of halogens is 1. The number of nitrogens with one attached hydrogen (secondary N) is 2. The van der Waals surface area contributed by atoms with Gasteiger partial charge in [0.15, 0.2) is 6.17 Å². The number of hydrogen-bond donors (Lipinski definition) is 3. The van der Waals surface area contributed by atoms with Crippen LogP contribution in [-0.2, 0) is 14.3 Å². The molecule has 154 valence electrons. The van der Waals surface area contributed by atoms with Crippen LogP contribution in [0.1, 0.15) is 25.2 Å². The van der Waals surface area contributed by atoms with Crippen molar-refractivity contribution in [2.24, 2.45) is 17.6 Å². The standard InChI is InChI=1S/C20H24FN5O3/c1-3-10-12(25-20(28)15(10)21)9-29-13-6-4-5-11-16(23-2)14(18(22)27)19-24-7-8-26(19)17(11)13/h4-8,10-12,15,17,23H,3,9H2,1-2H3,(H2,22,27)(H,25,28)/t10-,11?,12+,15-,17?/m0/s1. The first-order valence-electron chi connectivity index (χ1n) is 9.68. The Bertz CT molecular complexity index is 934. The molecular formula is C20H24FN5O3. The third kappa shape index (κ3) is 3.01. The molecule has 0 bridgehead atoms. The number of carbonyl (C=O) groups is 2. The van der Waals surface area contributed by atoms with Gasteiger partial charge in [0.1, 0.15) is 29.8 Å². The topological polar surface area (TPSA) is 111 Å². The lowest BCUT2D eigenvalue weighted by molar-refractivity contribution is -0.124. The van der Waals surface area contributed by atoms with E-state index in [1.165, 1.54) is 0 Å². The average Bonchev–Trinajstić information content (AvgIpc) is 3.29. The molecule has 8 nitrogen and oxygen atoms in total. The van der Waals surface area contributed by atoms with E-state index >= 15 is 0 Å². The Morgan fingerprint density at radius 2 is 2.28 bits per heavy atom. The van der Waals surface area contributed by atoms with Gasteiger partial charge in [0, 0.05) is 37.0 Å². The Hall–Kier alpha value is -3.10. The largest absolute Gasteiger partial charge is 0.494 e. The molecule has 1 saturated heterocycles. The van der Waals surface area contributed by atoms with Crippen molar-refractivity contribution in [1.29, 1.82) is 0 Å². The number of fused-ring (bicyclic) bond motifs is 3. The second kappa shape index (κ2) is 7.38. The summed E-state index contributed by atoms with van der Waals surface area (Å²) in [5, 5.41) is 5.78. The number of ether oxygens (including phenoxy) is 1. The van der Waals surface area contributed by atoms with Crippen LogP contribution < -0.4 is 16.4 Å². The number of amides is 2. The molecule has 9 heteroatoms. The molecule has 1 aromatic heterocycles. The first-order chi connectivity index (χ1) is 14.0. The molecule has 1 aliphatic carbocycles. The van der Waals surface area contributed by atoms with Crippen LogP contribution in [0.2, 0.25) is 0 Å². The van der Waals surface area contributed by atoms with Crippen molar-refractivity contribution in [3.63, 3.8) is 0 Å². The van der Waals surface area contributed by atoms with Crippen molar-refractivity contribution in [1.82, 2.24) is 20.2 Å². The zero-order chi connectivity index (χ0) is 20.7. The number of nitrogens with zero attached hydrogens (tertiary/aromatic N) is 2. The van der Waals surface area contributed by atoms with Gasteiger partial charge >= 0.3 is 0 Å². The summed E-state index contributed by atoms with van der Waals surface area (Å²) in [5.74, 6) is -0.626. The first kappa shape index (κ1) is 19.2. The maximum absolute atomic E-state index is 14.1. The van der Waals surface area contributed by atoms with Crippen LogP contribution in [0.25, 0.3) is 5.57 Å². The monoisotopic (exact) mass is 401 g/mol. The van der Waals surface area contributed by atoms with Gasteiger partial charge in [0.25, 0.3) is 11.8 Å². The molecule has 4 N–H and O–H groups in total. The molecule has 1 aromatic rings. The van der Waals surface area contributed by atoms with Crippen molar-refractivity contribution in [3.05, 3.63) is 47.9 Å². The number of primary amides is 1. The van der Waals surface area contributed by atoms with Crippen molar-refractivity contribution in [2.75, 3.05) is 13.7 Å². The van der Waals surface area contributed by atoms with Crippen LogP contribution in [0.4, 0.5) is 4.39 Å². The minimum absolute atomic E-state index is 0.166. The van der Waals surface area contributed by atoms with Crippen LogP contribution >= 0.6 is 0 Å². The van der Waals surface area contributed by atoms with Gasteiger partial charge in [-0.1, -0.05) is 19.1 Å². The summed E-state index contributed by atoms with van der Waals surface area (Å²) in [4.78, 5) is 28.1. The molecule has 29 heavy (non-hydrogen) atoms. The molecule has 0 spiro atoms. The van der Waals surface area contributed by atoms with Gasteiger partial charge in [0.05, 0.1) is 6.04 Å². The lowest BCUT2D eigenvalue weighted by Gasteiger charge is -2.37. The molecular weight excluding hydrogens is 377 g/mol. The van der Waals surface area contributed by atoms with Crippen LogP contribution in [0.5, 0.6) is 0 Å². The van der Waals surface area contributed by atoms with E-state index in [2.05, 4.69) is 15.6 Å². The third-order valence-electron chi connectivity index (χ3n) is 5.89. The molecule has 3 heterocycles. The third-order valence-corrected chi connectivity index (χ3v) is 5.89. The molecule has 2 unspecified atom stereocenters. The van der Waals surface area contributed by atoms with E-state index in [1.54, 1.807) is 19.4 Å². The highest BCUT2D eigenvalue weighted by Crippen LogP contribution is 2.43.